The first-order valence-corrected chi connectivity index (χ1v) is 4.07. The molecule has 0 amide bonds. The maximum atomic E-state index is 11.2. The quantitative estimate of drug-likeness (QED) is 0.381. The Balaban J connectivity index is 4.44. The predicted octanol–water partition coefficient (Wildman–Crippen LogP) is 1.99. The lowest BCUT2D eigenvalue weighted by Crippen LogP contribution is -2.11. The number of esters is 2. The van der Waals surface area contributed by atoms with Crippen molar-refractivity contribution in [2.45, 2.75) is 27.2 Å². The van der Waals surface area contributed by atoms with Crippen molar-refractivity contribution in [1.29, 1.82) is 0 Å². The van der Waals surface area contributed by atoms with Gasteiger partial charge >= 0.3 is 11.9 Å². The normalized spacial score (nSPS) is 11.6. The average Bonchev–Trinajstić information content (AvgIpc) is 2.14. The molecule has 3 nitrogen and oxygen atoms in total. The lowest BCUT2D eigenvalue weighted by atomic mass is 10.1. The van der Waals surface area contributed by atoms with E-state index in [1.165, 1.54) is 0 Å². The van der Waals surface area contributed by atoms with Gasteiger partial charge in [-0.15, -0.1) is 0 Å². The lowest BCUT2D eigenvalue weighted by molar-refractivity contribution is -0.153. The topological polar surface area (TPSA) is 43.4 Å². The van der Waals surface area contributed by atoms with Gasteiger partial charge in [0.05, 0.1) is 0 Å². The van der Waals surface area contributed by atoms with Crippen molar-refractivity contribution < 1.29 is 14.3 Å². The van der Waals surface area contributed by atoms with Crippen LogP contribution in [0.1, 0.15) is 27.2 Å². The molecule has 3 heteroatoms. The Morgan fingerprint density at radius 1 is 1.38 bits per heavy atom. The maximum Gasteiger partial charge on any atom is 0.341 e. The monoisotopic (exact) mass is 182 g/mol. The second kappa shape index (κ2) is 5.30. The van der Waals surface area contributed by atoms with E-state index in [0.29, 0.717) is 5.57 Å². The molecule has 0 aliphatic heterocycles. The van der Waals surface area contributed by atoms with Crippen molar-refractivity contribution >= 4 is 11.9 Å². The molecule has 0 aromatic heterocycles. The third-order valence-electron chi connectivity index (χ3n) is 1.84. The molecule has 0 fully saturated rings. The van der Waals surface area contributed by atoms with Crippen LogP contribution in [0.3, 0.4) is 0 Å². The Kier molecular flexibility index (Phi) is 4.74. The third-order valence-corrected chi connectivity index (χ3v) is 1.84. The zero-order valence-corrected chi connectivity index (χ0v) is 8.22. The van der Waals surface area contributed by atoms with E-state index >= 15 is 0 Å². The molecule has 0 N–H and O–H groups in total. The van der Waals surface area contributed by atoms with Gasteiger partial charge in [-0.3, -0.25) is 0 Å². The minimum atomic E-state index is -0.715. The first-order valence-electron chi connectivity index (χ1n) is 4.07. The molecule has 0 saturated carbocycles. The predicted molar refractivity (Wildman–Crippen MR) is 50.0 cm³/mol. The molecule has 0 saturated heterocycles. The van der Waals surface area contributed by atoms with E-state index < -0.39 is 11.9 Å². The Morgan fingerprint density at radius 3 is 2.31 bits per heavy atom. The highest BCUT2D eigenvalue weighted by Crippen LogP contribution is 2.08. The lowest BCUT2D eigenvalue weighted by Gasteiger charge is -2.03. The van der Waals surface area contributed by atoms with E-state index in [1.54, 1.807) is 6.92 Å². The number of hydrogen-bond donors (Lipinski definition) is 0. The summed E-state index contributed by atoms with van der Waals surface area (Å²) >= 11 is 0. The summed E-state index contributed by atoms with van der Waals surface area (Å²) in [6.45, 7) is 8.59. The second-order valence-electron chi connectivity index (χ2n) is 2.67. The van der Waals surface area contributed by atoms with Gasteiger partial charge in [0.1, 0.15) is 0 Å². The maximum absolute atomic E-state index is 11.2. The molecule has 0 rings (SSSR count). The fraction of sp³-hybridized carbons (Fsp3) is 0.400. The largest absolute Gasteiger partial charge is 0.386 e. The first-order chi connectivity index (χ1) is 6.02. The molecule has 0 bridgehead atoms. The summed E-state index contributed by atoms with van der Waals surface area (Å²) in [5.41, 5.74) is 1.40. The van der Waals surface area contributed by atoms with Crippen molar-refractivity contribution in [1.82, 2.24) is 0 Å². The zero-order valence-electron chi connectivity index (χ0n) is 8.22. The smallest absolute Gasteiger partial charge is 0.341 e. The molecule has 72 valence electrons. The molecule has 0 aromatic carbocycles. The average molecular weight is 182 g/mol. The summed E-state index contributed by atoms with van der Waals surface area (Å²) < 4.78 is 4.43. The highest BCUT2D eigenvalue weighted by Gasteiger charge is 2.11. The van der Waals surface area contributed by atoms with Crippen LogP contribution in [-0.2, 0) is 14.3 Å². The van der Waals surface area contributed by atoms with Crippen LogP contribution in [0, 0.1) is 0 Å². The van der Waals surface area contributed by atoms with Gasteiger partial charge in [0, 0.05) is 11.6 Å². The van der Waals surface area contributed by atoms with Crippen LogP contribution < -0.4 is 0 Å². The number of carbonyl (C=O) groups excluding carboxylic acids is 2. The van der Waals surface area contributed by atoms with Crippen LogP contribution in [-0.4, -0.2) is 11.9 Å². The standard InChI is InChI=1S/C10H14O3/c1-5-7(3)8(4)10(12)13-9(11)6-2/h6H,2,5H2,1,3-4H3. The summed E-state index contributed by atoms with van der Waals surface area (Å²) in [6, 6.07) is 0. The third kappa shape index (κ3) is 3.69. The Labute approximate surface area is 78.1 Å². The van der Waals surface area contributed by atoms with E-state index in [4.69, 9.17) is 0 Å². The highest BCUT2D eigenvalue weighted by molar-refractivity contribution is 5.99. The van der Waals surface area contributed by atoms with Crippen LogP contribution >= 0.6 is 0 Å². The van der Waals surface area contributed by atoms with Crippen LogP contribution in [0.2, 0.25) is 0 Å². The summed E-state index contributed by atoms with van der Waals surface area (Å²) in [6.07, 6.45) is 1.73. The molecule has 0 spiro atoms. The zero-order chi connectivity index (χ0) is 10.4. The summed E-state index contributed by atoms with van der Waals surface area (Å²) in [5.74, 6) is -1.31. The molecule has 0 atom stereocenters. The SMILES string of the molecule is C=CC(=O)OC(=O)C(C)=C(C)CC. The molecule has 0 radical (unpaired) electrons. The highest BCUT2D eigenvalue weighted by atomic mass is 16.6. The van der Waals surface area contributed by atoms with Crippen molar-refractivity contribution in [2.75, 3.05) is 0 Å². The fourth-order valence-electron chi connectivity index (χ4n) is 0.649. The van der Waals surface area contributed by atoms with E-state index in [2.05, 4.69) is 11.3 Å². The van der Waals surface area contributed by atoms with Gasteiger partial charge in [-0.1, -0.05) is 19.1 Å². The van der Waals surface area contributed by atoms with E-state index in [9.17, 15) is 9.59 Å². The van der Waals surface area contributed by atoms with Crippen molar-refractivity contribution in [3.8, 4) is 0 Å². The Morgan fingerprint density at radius 2 is 1.92 bits per heavy atom. The van der Waals surface area contributed by atoms with Crippen molar-refractivity contribution in [2.24, 2.45) is 0 Å². The Hall–Kier alpha value is -1.38. The minimum Gasteiger partial charge on any atom is -0.386 e. The van der Waals surface area contributed by atoms with Crippen LogP contribution in [0.5, 0.6) is 0 Å². The molecular weight excluding hydrogens is 168 g/mol. The summed E-state index contributed by atoms with van der Waals surface area (Å²) in [4.78, 5) is 21.8. The van der Waals surface area contributed by atoms with Gasteiger partial charge < -0.3 is 4.74 Å². The van der Waals surface area contributed by atoms with E-state index in [0.717, 1.165) is 18.1 Å². The van der Waals surface area contributed by atoms with Gasteiger partial charge in [0.25, 0.3) is 0 Å². The van der Waals surface area contributed by atoms with E-state index in [1.807, 2.05) is 13.8 Å². The van der Waals surface area contributed by atoms with Gasteiger partial charge in [0.15, 0.2) is 0 Å². The summed E-state index contributed by atoms with van der Waals surface area (Å²) in [7, 11) is 0. The summed E-state index contributed by atoms with van der Waals surface area (Å²) in [5, 5.41) is 0. The number of rotatable bonds is 3. The number of carbonyl (C=O) groups is 2. The number of ether oxygens (including phenoxy) is 1. The van der Waals surface area contributed by atoms with Gasteiger partial charge in [-0.25, -0.2) is 9.59 Å². The van der Waals surface area contributed by atoms with Gasteiger partial charge in [-0.2, -0.15) is 0 Å². The molecule has 0 aliphatic carbocycles. The van der Waals surface area contributed by atoms with Crippen LogP contribution in [0.25, 0.3) is 0 Å². The number of allylic oxidation sites excluding steroid dienone is 1. The second-order valence-corrected chi connectivity index (χ2v) is 2.67. The first kappa shape index (κ1) is 11.6. The van der Waals surface area contributed by atoms with E-state index in [-0.39, 0.29) is 0 Å². The molecule has 0 heterocycles. The van der Waals surface area contributed by atoms with Crippen LogP contribution in [0.4, 0.5) is 0 Å². The van der Waals surface area contributed by atoms with Crippen molar-refractivity contribution in [3.05, 3.63) is 23.8 Å². The molecular formula is C10H14O3. The molecule has 0 aromatic rings. The Bertz CT molecular complexity index is 261. The van der Waals surface area contributed by atoms with Crippen LogP contribution in [0.15, 0.2) is 23.8 Å². The number of hydrogen-bond acceptors (Lipinski definition) is 3. The van der Waals surface area contributed by atoms with Gasteiger partial charge in [-0.05, 0) is 20.3 Å². The molecule has 0 aliphatic rings. The van der Waals surface area contributed by atoms with Crippen molar-refractivity contribution in [3.63, 3.8) is 0 Å². The fourth-order valence-corrected chi connectivity index (χ4v) is 0.649. The molecule has 13 heavy (non-hydrogen) atoms. The minimum absolute atomic E-state index is 0.484. The van der Waals surface area contributed by atoms with Gasteiger partial charge in [0.2, 0.25) is 0 Å². The molecule has 0 unspecified atom stereocenters.